The maximum atomic E-state index is 6.07. The molecule has 0 saturated heterocycles. The molecule has 0 aliphatic carbocycles. The van der Waals surface area contributed by atoms with Crippen molar-refractivity contribution < 1.29 is 0 Å². The normalized spacial score (nSPS) is 11.2. The molecule has 0 atom stereocenters. The van der Waals surface area contributed by atoms with E-state index in [2.05, 4.69) is 75.5 Å². The minimum Gasteiger partial charge on any atom is -0.218 e. The second kappa shape index (κ2) is 8.62. The van der Waals surface area contributed by atoms with Crippen molar-refractivity contribution in [3.63, 3.8) is 0 Å². The van der Waals surface area contributed by atoms with Crippen LogP contribution in [0.2, 0.25) is 5.02 Å². The number of rotatable bonds is 4. The van der Waals surface area contributed by atoms with Gasteiger partial charge in [0.1, 0.15) is 0 Å². The second-order valence-electron chi connectivity index (χ2n) is 8.49. The van der Waals surface area contributed by atoms with Gasteiger partial charge in [0.25, 0.3) is 0 Å². The Hall–Kier alpha value is -3.21. The average Bonchev–Trinajstić information content (AvgIpc) is 3.42. The van der Waals surface area contributed by atoms with Gasteiger partial charge in [-0.15, -0.1) is 11.3 Å². The molecule has 0 unspecified atom stereocenters. The summed E-state index contributed by atoms with van der Waals surface area (Å²) in [5.74, 6) is 0. The lowest BCUT2D eigenvalue weighted by atomic mass is 10.0. The standard InChI is InChI=1S/C28H24ClN3S/c1-17-5-11-23(19(3)13-17)25-15-27(24-12-6-18(2)14-20(24)4)32(31-25)28-30-26(16-33-28)21-7-9-22(29)10-8-21/h5-16H,1-4H3. The van der Waals surface area contributed by atoms with Crippen molar-refractivity contribution in [1.29, 1.82) is 0 Å². The molecule has 164 valence electrons. The smallest absolute Gasteiger partial charge is 0.211 e. The van der Waals surface area contributed by atoms with Crippen LogP contribution in [-0.4, -0.2) is 14.8 Å². The van der Waals surface area contributed by atoms with E-state index in [-0.39, 0.29) is 0 Å². The molecule has 0 aliphatic heterocycles. The van der Waals surface area contributed by atoms with Gasteiger partial charge in [0.05, 0.1) is 17.1 Å². The number of nitrogens with zero attached hydrogens (tertiary/aromatic N) is 3. The van der Waals surface area contributed by atoms with Crippen LogP contribution < -0.4 is 0 Å². The molecule has 0 spiro atoms. The van der Waals surface area contributed by atoms with Crippen LogP contribution in [-0.2, 0) is 0 Å². The van der Waals surface area contributed by atoms with E-state index in [1.54, 1.807) is 11.3 Å². The lowest BCUT2D eigenvalue weighted by Gasteiger charge is -2.08. The molecule has 0 N–H and O–H groups in total. The first-order valence-corrected chi connectivity index (χ1v) is 12.1. The van der Waals surface area contributed by atoms with Gasteiger partial charge in [-0.05, 0) is 57.0 Å². The van der Waals surface area contributed by atoms with Crippen molar-refractivity contribution in [1.82, 2.24) is 14.8 Å². The van der Waals surface area contributed by atoms with Crippen LogP contribution >= 0.6 is 22.9 Å². The van der Waals surface area contributed by atoms with Crippen LogP contribution in [0, 0.1) is 27.7 Å². The summed E-state index contributed by atoms with van der Waals surface area (Å²) in [6.45, 7) is 8.52. The molecule has 3 nitrogen and oxygen atoms in total. The number of hydrogen-bond donors (Lipinski definition) is 0. The van der Waals surface area contributed by atoms with Crippen LogP contribution in [0.3, 0.4) is 0 Å². The average molecular weight is 470 g/mol. The highest BCUT2D eigenvalue weighted by Crippen LogP contribution is 2.34. The minimum atomic E-state index is 0.719. The van der Waals surface area contributed by atoms with Crippen molar-refractivity contribution >= 4 is 22.9 Å². The highest BCUT2D eigenvalue weighted by molar-refractivity contribution is 7.12. The van der Waals surface area contributed by atoms with Crippen LogP contribution in [0.15, 0.2) is 72.1 Å². The SMILES string of the molecule is Cc1ccc(-c2cc(-c3ccc(C)cc3C)n(-c3nc(-c4ccc(Cl)cc4)cs3)n2)c(C)c1. The number of benzene rings is 3. The van der Waals surface area contributed by atoms with Gasteiger partial charge in [-0.1, -0.05) is 71.3 Å². The Morgan fingerprint density at radius 1 is 0.727 bits per heavy atom. The molecular formula is C28H24ClN3S. The van der Waals surface area contributed by atoms with Gasteiger partial charge in [0.2, 0.25) is 5.13 Å². The third-order valence-electron chi connectivity index (χ3n) is 5.84. The Morgan fingerprint density at radius 3 is 2.00 bits per heavy atom. The van der Waals surface area contributed by atoms with E-state index >= 15 is 0 Å². The molecule has 3 aromatic carbocycles. The van der Waals surface area contributed by atoms with Crippen molar-refractivity contribution in [2.45, 2.75) is 27.7 Å². The molecule has 33 heavy (non-hydrogen) atoms. The van der Waals surface area contributed by atoms with Crippen LogP contribution in [0.1, 0.15) is 22.3 Å². The molecule has 0 bridgehead atoms. The molecule has 0 amide bonds. The van der Waals surface area contributed by atoms with Gasteiger partial charge < -0.3 is 0 Å². The van der Waals surface area contributed by atoms with Crippen LogP contribution in [0.25, 0.3) is 38.9 Å². The monoisotopic (exact) mass is 469 g/mol. The molecule has 5 rings (SSSR count). The summed E-state index contributed by atoms with van der Waals surface area (Å²) in [4.78, 5) is 4.93. The minimum absolute atomic E-state index is 0.719. The fraction of sp³-hybridized carbons (Fsp3) is 0.143. The maximum absolute atomic E-state index is 6.07. The number of aromatic nitrogens is 3. The predicted octanol–water partition coefficient (Wildman–Crippen LogP) is 8.22. The summed E-state index contributed by atoms with van der Waals surface area (Å²) in [6, 6.07) is 23.0. The third-order valence-corrected chi connectivity index (χ3v) is 6.91. The number of thiazole rings is 1. The zero-order chi connectivity index (χ0) is 23.1. The quantitative estimate of drug-likeness (QED) is 0.265. The molecule has 0 fully saturated rings. The summed E-state index contributed by atoms with van der Waals surface area (Å²) in [6.07, 6.45) is 0. The number of aryl methyl sites for hydroxylation is 4. The van der Waals surface area contributed by atoms with E-state index in [0.717, 1.165) is 43.9 Å². The van der Waals surface area contributed by atoms with Crippen LogP contribution in [0.5, 0.6) is 0 Å². The van der Waals surface area contributed by atoms with Gasteiger partial charge in [0, 0.05) is 27.1 Å². The summed E-state index contributed by atoms with van der Waals surface area (Å²) < 4.78 is 1.98. The highest BCUT2D eigenvalue weighted by atomic mass is 35.5. The lowest BCUT2D eigenvalue weighted by Crippen LogP contribution is -2.00. The molecule has 0 saturated carbocycles. The summed E-state index contributed by atoms with van der Waals surface area (Å²) in [7, 11) is 0. The van der Waals surface area contributed by atoms with E-state index in [1.807, 2.05) is 28.9 Å². The first kappa shape index (κ1) is 21.6. The maximum Gasteiger partial charge on any atom is 0.211 e. The van der Waals surface area contributed by atoms with Crippen molar-refractivity contribution in [2.75, 3.05) is 0 Å². The van der Waals surface area contributed by atoms with E-state index < -0.39 is 0 Å². The molecule has 2 heterocycles. The Kier molecular flexibility index (Phi) is 5.65. The molecule has 5 aromatic rings. The van der Waals surface area contributed by atoms with Crippen molar-refractivity contribution in [2.24, 2.45) is 0 Å². The number of halogens is 1. The second-order valence-corrected chi connectivity index (χ2v) is 9.76. The summed E-state index contributed by atoms with van der Waals surface area (Å²) in [5.41, 5.74) is 11.2. The zero-order valence-electron chi connectivity index (χ0n) is 19.1. The lowest BCUT2D eigenvalue weighted by molar-refractivity contribution is 0.880. The zero-order valence-corrected chi connectivity index (χ0v) is 20.6. The largest absolute Gasteiger partial charge is 0.218 e. The molecular weight excluding hydrogens is 446 g/mol. The fourth-order valence-electron chi connectivity index (χ4n) is 4.17. The van der Waals surface area contributed by atoms with Gasteiger partial charge in [0.15, 0.2) is 0 Å². The van der Waals surface area contributed by atoms with Crippen molar-refractivity contribution in [3.8, 4) is 38.9 Å². The highest BCUT2D eigenvalue weighted by Gasteiger charge is 2.18. The number of hydrogen-bond acceptors (Lipinski definition) is 3. The topological polar surface area (TPSA) is 30.7 Å². The van der Waals surface area contributed by atoms with Crippen molar-refractivity contribution in [3.05, 3.63) is 99.4 Å². The Morgan fingerprint density at radius 2 is 1.36 bits per heavy atom. The molecule has 0 aliphatic rings. The van der Waals surface area contributed by atoms with E-state index in [4.69, 9.17) is 21.7 Å². The van der Waals surface area contributed by atoms with Gasteiger partial charge in [-0.2, -0.15) is 5.10 Å². The van der Waals surface area contributed by atoms with Crippen LogP contribution in [0.4, 0.5) is 0 Å². The molecule has 5 heteroatoms. The third kappa shape index (κ3) is 4.24. The Balaban J connectivity index is 1.67. The first-order valence-electron chi connectivity index (χ1n) is 10.9. The van der Waals surface area contributed by atoms with E-state index in [1.165, 1.54) is 22.3 Å². The molecule has 0 radical (unpaired) electrons. The van der Waals surface area contributed by atoms with E-state index in [9.17, 15) is 0 Å². The van der Waals surface area contributed by atoms with Gasteiger partial charge in [-0.3, -0.25) is 0 Å². The predicted molar refractivity (Wildman–Crippen MR) is 140 cm³/mol. The summed E-state index contributed by atoms with van der Waals surface area (Å²) >= 11 is 7.66. The van der Waals surface area contributed by atoms with E-state index in [0.29, 0.717) is 0 Å². The molecule has 2 aromatic heterocycles. The first-order chi connectivity index (χ1) is 15.9. The summed E-state index contributed by atoms with van der Waals surface area (Å²) in [5, 5.41) is 8.68. The van der Waals surface area contributed by atoms with Gasteiger partial charge >= 0.3 is 0 Å². The fourth-order valence-corrected chi connectivity index (χ4v) is 5.09. The Bertz CT molecular complexity index is 1460. The Labute approximate surface area is 203 Å². The van der Waals surface area contributed by atoms with Gasteiger partial charge in [-0.25, -0.2) is 9.67 Å².